The van der Waals surface area contributed by atoms with Gasteiger partial charge in [0.05, 0.1) is 23.3 Å². The van der Waals surface area contributed by atoms with Crippen molar-refractivity contribution in [2.75, 3.05) is 5.75 Å². The molecule has 2 aromatic carbocycles. The average molecular weight is 468 g/mol. The van der Waals surface area contributed by atoms with Crippen molar-refractivity contribution in [1.29, 1.82) is 0 Å². The Morgan fingerprint density at radius 2 is 1.91 bits per heavy atom. The third-order valence-electron chi connectivity index (χ3n) is 6.61. The topological polar surface area (TPSA) is 46.9 Å². The second-order valence-corrected chi connectivity index (χ2v) is 10.2. The van der Waals surface area contributed by atoms with Crippen molar-refractivity contribution in [3.63, 3.8) is 0 Å². The minimum atomic E-state index is 0.0772. The Kier molecular flexibility index (Phi) is 7.27. The lowest BCUT2D eigenvalue weighted by Crippen LogP contribution is -2.44. The van der Waals surface area contributed by atoms with E-state index in [0.29, 0.717) is 22.6 Å². The fraction of sp³-hybridized carbons (Fsp3) is 0.385. The zero-order valence-corrected chi connectivity index (χ0v) is 20.4. The lowest BCUT2D eigenvalue weighted by atomic mass is 9.78. The van der Waals surface area contributed by atoms with E-state index in [-0.39, 0.29) is 11.9 Å². The minimum Gasteiger partial charge on any atom is -0.352 e. The first kappa shape index (κ1) is 22.9. The van der Waals surface area contributed by atoms with Gasteiger partial charge in [0.25, 0.3) is 0 Å². The van der Waals surface area contributed by atoms with E-state index in [0.717, 1.165) is 34.1 Å². The van der Waals surface area contributed by atoms with E-state index in [4.69, 9.17) is 16.6 Å². The van der Waals surface area contributed by atoms with Gasteiger partial charge in [0.15, 0.2) is 5.16 Å². The van der Waals surface area contributed by atoms with Gasteiger partial charge in [-0.25, -0.2) is 4.98 Å². The molecule has 1 N–H and O–H groups in total. The van der Waals surface area contributed by atoms with Crippen molar-refractivity contribution in [1.82, 2.24) is 14.9 Å². The molecule has 3 atom stereocenters. The van der Waals surface area contributed by atoms with E-state index in [1.54, 1.807) is 0 Å². The summed E-state index contributed by atoms with van der Waals surface area (Å²) in [4.78, 5) is 17.5. The number of hydrogen-bond donors (Lipinski definition) is 1. The summed E-state index contributed by atoms with van der Waals surface area (Å²) in [7, 11) is 0. The fourth-order valence-corrected chi connectivity index (χ4v) is 5.39. The number of nitrogens with one attached hydrogen (secondary N) is 1. The summed E-state index contributed by atoms with van der Waals surface area (Å²) in [5, 5.41) is 4.78. The molecule has 0 spiro atoms. The fourth-order valence-electron chi connectivity index (χ4n) is 4.47. The molecule has 0 radical (unpaired) electrons. The number of nitrogens with zero attached hydrogens (tertiary/aromatic N) is 2. The van der Waals surface area contributed by atoms with Crippen LogP contribution in [0.2, 0.25) is 5.02 Å². The number of carbonyl (C=O) groups excluding carboxylic acids is 1. The van der Waals surface area contributed by atoms with Gasteiger partial charge < -0.3 is 5.32 Å². The van der Waals surface area contributed by atoms with Crippen molar-refractivity contribution in [2.24, 2.45) is 11.8 Å². The van der Waals surface area contributed by atoms with Crippen LogP contribution in [0.5, 0.6) is 0 Å². The second-order valence-electron chi connectivity index (χ2n) is 8.78. The Labute approximate surface area is 199 Å². The zero-order chi connectivity index (χ0) is 22.7. The Bertz CT molecular complexity index is 1080. The summed E-state index contributed by atoms with van der Waals surface area (Å²) in [6, 6.07) is 16.3. The van der Waals surface area contributed by atoms with Crippen molar-refractivity contribution in [2.45, 2.75) is 51.2 Å². The predicted molar refractivity (Wildman–Crippen MR) is 134 cm³/mol. The largest absolute Gasteiger partial charge is 0.352 e. The third-order valence-corrected chi connectivity index (χ3v) is 7.82. The van der Waals surface area contributed by atoms with Crippen LogP contribution in [0.1, 0.15) is 38.7 Å². The van der Waals surface area contributed by atoms with Crippen LogP contribution in [0.4, 0.5) is 0 Å². The molecule has 3 aromatic rings. The summed E-state index contributed by atoms with van der Waals surface area (Å²) in [5.41, 5.74) is 4.23. The Morgan fingerprint density at radius 3 is 2.66 bits per heavy atom. The van der Waals surface area contributed by atoms with Crippen molar-refractivity contribution >= 4 is 29.3 Å². The van der Waals surface area contributed by atoms with Crippen LogP contribution in [-0.4, -0.2) is 27.3 Å². The van der Waals surface area contributed by atoms with Crippen LogP contribution in [0.3, 0.4) is 0 Å². The molecule has 1 amide bonds. The molecule has 4 nitrogen and oxygen atoms in total. The van der Waals surface area contributed by atoms with Crippen LogP contribution in [0.25, 0.3) is 16.9 Å². The van der Waals surface area contributed by atoms with E-state index in [1.807, 2.05) is 42.6 Å². The first-order valence-electron chi connectivity index (χ1n) is 11.3. The number of halogens is 1. The number of benzene rings is 2. The Hall–Kier alpha value is -2.24. The number of aryl methyl sites for hydroxylation is 1. The van der Waals surface area contributed by atoms with Crippen molar-refractivity contribution in [3.8, 4) is 16.9 Å². The van der Waals surface area contributed by atoms with Crippen LogP contribution >= 0.6 is 23.4 Å². The van der Waals surface area contributed by atoms with Crippen LogP contribution in [0, 0.1) is 18.8 Å². The molecular weight excluding hydrogens is 438 g/mol. The third kappa shape index (κ3) is 5.05. The Morgan fingerprint density at radius 1 is 1.16 bits per heavy atom. The smallest absolute Gasteiger partial charge is 0.230 e. The molecule has 1 heterocycles. The summed E-state index contributed by atoms with van der Waals surface area (Å²) >= 11 is 7.58. The van der Waals surface area contributed by atoms with Gasteiger partial charge in [-0.1, -0.05) is 80.4 Å². The lowest BCUT2D eigenvalue weighted by Gasteiger charge is -2.34. The molecule has 0 aliphatic heterocycles. The molecule has 1 fully saturated rings. The highest BCUT2D eigenvalue weighted by atomic mass is 35.5. The zero-order valence-electron chi connectivity index (χ0n) is 18.8. The molecule has 168 valence electrons. The Balaban J connectivity index is 1.57. The average Bonchev–Trinajstić information content (AvgIpc) is 3.20. The molecule has 1 aliphatic rings. The molecule has 0 unspecified atom stereocenters. The molecule has 0 bridgehead atoms. The summed E-state index contributed by atoms with van der Waals surface area (Å²) in [6.07, 6.45) is 5.39. The highest BCUT2D eigenvalue weighted by Crippen LogP contribution is 2.32. The van der Waals surface area contributed by atoms with Gasteiger partial charge in [-0.15, -0.1) is 0 Å². The number of amides is 1. The van der Waals surface area contributed by atoms with Gasteiger partial charge in [0, 0.05) is 16.6 Å². The summed E-state index contributed by atoms with van der Waals surface area (Å²) < 4.78 is 2.14. The monoisotopic (exact) mass is 467 g/mol. The molecule has 6 heteroatoms. The maximum atomic E-state index is 12.8. The molecule has 0 saturated heterocycles. The van der Waals surface area contributed by atoms with E-state index in [1.165, 1.54) is 24.6 Å². The normalized spacial score (nSPS) is 20.8. The number of thioether (sulfide) groups is 1. The maximum absolute atomic E-state index is 12.8. The van der Waals surface area contributed by atoms with E-state index >= 15 is 0 Å². The molecule has 1 aromatic heterocycles. The van der Waals surface area contributed by atoms with Gasteiger partial charge in [0.2, 0.25) is 5.91 Å². The predicted octanol–water partition coefficient (Wildman–Crippen LogP) is 6.53. The van der Waals surface area contributed by atoms with Gasteiger partial charge in [0.1, 0.15) is 0 Å². The van der Waals surface area contributed by atoms with Crippen LogP contribution in [0.15, 0.2) is 59.9 Å². The lowest BCUT2D eigenvalue weighted by molar-refractivity contribution is -0.120. The van der Waals surface area contributed by atoms with Crippen molar-refractivity contribution in [3.05, 3.63) is 65.3 Å². The highest BCUT2D eigenvalue weighted by molar-refractivity contribution is 7.99. The number of para-hydroxylation sites is 1. The first-order valence-corrected chi connectivity index (χ1v) is 12.6. The van der Waals surface area contributed by atoms with E-state index in [2.05, 4.69) is 42.8 Å². The number of rotatable bonds is 6. The van der Waals surface area contributed by atoms with E-state index in [9.17, 15) is 4.79 Å². The number of imidazole rings is 1. The molecule has 1 saturated carbocycles. The molecule has 4 rings (SSSR count). The number of carbonyl (C=O) groups is 1. The number of hydrogen-bond acceptors (Lipinski definition) is 3. The molecular formula is C26H30ClN3OS. The van der Waals surface area contributed by atoms with Gasteiger partial charge in [-0.05, 0) is 48.9 Å². The quantitative estimate of drug-likeness (QED) is 0.419. The number of aromatic nitrogens is 2. The SMILES string of the molecule is Cc1ccccc1-n1c(-c2ccc(Cl)cc2)cnc1SCC(=O)N[C@@H]1CCC[C@H](C)[C@H]1C. The van der Waals surface area contributed by atoms with Gasteiger partial charge in [-0.2, -0.15) is 0 Å². The van der Waals surface area contributed by atoms with Crippen LogP contribution in [-0.2, 0) is 4.79 Å². The van der Waals surface area contributed by atoms with E-state index < -0.39 is 0 Å². The standard InChI is InChI=1S/C26H30ClN3OS/c1-17-8-6-9-22(19(17)3)29-25(31)16-32-26-28-15-24(20-11-13-21(27)14-12-20)30(26)23-10-5-4-7-18(23)2/h4-5,7,10-15,17,19,22H,6,8-9,16H2,1-3H3,(H,29,31)/t17-,19+,22+/m0/s1. The second kappa shape index (κ2) is 10.1. The summed E-state index contributed by atoms with van der Waals surface area (Å²) in [5.74, 6) is 1.60. The van der Waals surface area contributed by atoms with Gasteiger partial charge >= 0.3 is 0 Å². The minimum absolute atomic E-state index is 0.0772. The molecule has 1 aliphatic carbocycles. The maximum Gasteiger partial charge on any atom is 0.230 e. The van der Waals surface area contributed by atoms with Crippen LogP contribution < -0.4 is 5.32 Å². The highest BCUT2D eigenvalue weighted by Gasteiger charge is 2.28. The summed E-state index contributed by atoms with van der Waals surface area (Å²) in [6.45, 7) is 6.63. The van der Waals surface area contributed by atoms with Gasteiger partial charge in [-0.3, -0.25) is 9.36 Å². The molecule has 32 heavy (non-hydrogen) atoms. The first-order chi connectivity index (χ1) is 15.4. The van der Waals surface area contributed by atoms with Crippen molar-refractivity contribution < 1.29 is 4.79 Å².